The molecule has 0 rings (SSSR count). The Morgan fingerprint density at radius 3 is 2.47 bits per heavy atom. The minimum Gasteiger partial charge on any atom is -0.398 e. The maximum absolute atomic E-state index is 9.11. The molecule has 0 aliphatic rings. The summed E-state index contributed by atoms with van der Waals surface area (Å²) in [5.74, 6) is 0. The second-order valence-electron chi connectivity index (χ2n) is 3.64. The number of aliphatic hydroxyl groups excluding tert-OH is 3. The highest BCUT2D eigenvalue weighted by Gasteiger charge is 2.29. The van der Waals surface area contributed by atoms with E-state index in [1.807, 2.05) is 6.55 Å². The zero-order valence-electron chi connectivity index (χ0n) is 9.48. The summed E-state index contributed by atoms with van der Waals surface area (Å²) in [6, 6.07) is 0.731. The predicted molar refractivity (Wildman–Crippen MR) is 58.8 cm³/mol. The lowest BCUT2D eigenvalue weighted by Gasteiger charge is -2.25. The summed E-state index contributed by atoms with van der Waals surface area (Å²) in [7, 11) is -0.573. The van der Waals surface area contributed by atoms with Gasteiger partial charge in [-0.25, -0.2) is 0 Å². The van der Waals surface area contributed by atoms with Crippen molar-refractivity contribution in [3.8, 4) is 0 Å². The van der Waals surface area contributed by atoms with Crippen LogP contribution in [0.5, 0.6) is 0 Å². The summed E-state index contributed by atoms with van der Waals surface area (Å²) in [6.07, 6.45) is 0.346. The molecule has 15 heavy (non-hydrogen) atoms. The first-order valence-electron chi connectivity index (χ1n) is 5.17. The third-order valence-electron chi connectivity index (χ3n) is 2.29. The Hall–Kier alpha value is 0.0169. The molecule has 0 aromatic carbocycles. The van der Waals surface area contributed by atoms with Crippen LogP contribution in [0.15, 0.2) is 0 Å². The van der Waals surface area contributed by atoms with Gasteiger partial charge in [-0.15, -0.1) is 0 Å². The van der Waals surface area contributed by atoms with E-state index in [0.717, 1.165) is 6.04 Å². The van der Waals surface area contributed by atoms with Crippen LogP contribution in [-0.2, 0) is 8.85 Å². The fourth-order valence-corrected chi connectivity index (χ4v) is 2.95. The van der Waals surface area contributed by atoms with Crippen LogP contribution >= 0.6 is 0 Å². The largest absolute Gasteiger partial charge is 0.398 e. The molecule has 92 valence electrons. The lowest BCUT2D eigenvalue weighted by Crippen LogP contribution is -2.38. The molecule has 0 amide bonds. The smallest absolute Gasteiger partial charge is 0.334 e. The maximum atomic E-state index is 9.11. The number of aliphatic hydroxyl groups is 3. The topological polar surface area (TPSA) is 79.2 Å². The van der Waals surface area contributed by atoms with Crippen molar-refractivity contribution in [2.24, 2.45) is 0 Å². The molecule has 0 spiro atoms. The molecule has 0 aromatic heterocycles. The van der Waals surface area contributed by atoms with Crippen LogP contribution < -0.4 is 0 Å². The molecule has 5 nitrogen and oxygen atoms in total. The second kappa shape index (κ2) is 8.20. The van der Waals surface area contributed by atoms with Crippen molar-refractivity contribution in [3.05, 3.63) is 0 Å². The molecular weight excluding hydrogens is 216 g/mol. The van der Waals surface area contributed by atoms with E-state index < -0.39 is 14.7 Å². The normalized spacial score (nSPS) is 17.4. The number of rotatable bonds is 9. The molecule has 0 bridgehead atoms. The van der Waals surface area contributed by atoms with Crippen LogP contribution in [0.3, 0.4) is 0 Å². The minimum atomic E-state index is -2.18. The van der Waals surface area contributed by atoms with E-state index in [1.165, 1.54) is 0 Å². The summed E-state index contributed by atoms with van der Waals surface area (Å²) in [5.41, 5.74) is 0. The second-order valence-corrected chi connectivity index (χ2v) is 7.10. The fraction of sp³-hybridized carbons (Fsp3) is 1.00. The summed E-state index contributed by atoms with van der Waals surface area (Å²) in [5, 5.41) is 26.4. The van der Waals surface area contributed by atoms with Gasteiger partial charge in [0.15, 0.2) is 0 Å². The summed E-state index contributed by atoms with van der Waals surface area (Å²) >= 11 is 0. The van der Waals surface area contributed by atoms with Crippen molar-refractivity contribution in [2.45, 2.75) is 31.5 Å². The molecule has 0 aromatic rings. The Morgan fingerprint density at radius 1 is 1.33 bits per heavy atom. The summed E-state index contributed by atoms with van der Waals surface area (Å²) in [4.78, 5) is 0. The van der Waals surface area contributed by atoms with Gasteiger partial charge in [-0.3, -0.25) is 0 Å². The van der Waals surface area contributed by atoms with E-state index in [0.29, 0.717) is 19.4 Å². The molecule has 2 unspecified atom stereocenters. The van der Waals surface area contributed by atoms with E-state index >= 15 is 0 Å². The highest BCUT2D eigenvalue weighted by molar-refractivity contribution is 6.65. The Kier molecular flexibility index (Phi) is 8.21. The lowest BCUT2D eigenvalue weighted by atomic mass is 10.3. The maximum Gasteiger partial charge on any atom is 0.334 e. The van der Waals surface area contributed by atoms with E-state index in [4.69, 9.17) is 24.2 Å². The molecule has 3 N–H and O–H groups in total. The first kappa shape index (κ1) is 15.0. The van der Waals surface area contributed by atoms with Crippen molar-refractivity contribution < 1.29 is 24.2 Å². The van der Waals surface area contributed by atoms with E-state index in [-0.39, 0.29) is 13.2 Å². The van der Waals surface area contributed by atoms with Crippen LogP contribution in [0.2, 0.25) is 12.6 Å². The van der Waals surface area contributed by atoms with Gasteiger partial charge in [0, 0.05) is 20.3 Å². The van der Waals surface area contributed by atoms with Crippen LogP contribution in [0.25, 0.3) is 0 Å². The van der Waals surface area contributed by atoms with Crippen molar-refractivity contribution >= 4 is 8.56 Å². The molecule has 0 saturated carbocycles. The van der Waals surface area contributed by atoms with Crippen LogP contribution in [0.4, 0.5) is 0 Å². The monoisotopic (exact) mass is 238 g/mol. The van der Waals surface area contributed by atoms with Gasteiger partial charge >= 0.3 is 8.56 Å². The Balaban J connectivity index is 3.76. The van der Waals surface area contributed by atoms with Crippen LogP contribution in [0, 0.1) is 0 Å². The van der Waals surface area contributed by atoms with E-state index in [2.05, 4.69) is 0 Å². The van der Waals surface area contributed by atoms with E-state index in [1.54, 1.807) is 7.11 Å². The first-order chi connectivity index (χ1) is 7.08. The van der Waals surface area contributed by atoms with Gasteiger partial charge in [-0.1, -0.05) is 0 Å². The molecule has 0 radical (unpaired) electrons. The molecule has 0 fully saturated rings. The highest BCUT2D eigenvalue weighted by atomic mass is 28.4. The summed E-state index contributed by atoms with van der Waals surface area (Å²) < 4.78 is 10.9. The molecule has 0 aliphatic carbocycles. The van der Waals surface area contributed by atoms with Gasteiger partial charge in [0.05, 0.1) is 12.7 Å². The third-order valence-corrected chi connectivity index (χ3v) is 5.23. The zero-order chi connectivity index (χ0) is 11.7. The summed E-state index contributed by atoms with van der Waals surface area (Å²) in [6.45, 7) is 2.19. The van der Waals surface area contributed by atoms with Gasteiger partial charge in [-0.2, -0.15) is 0 Å². The Bertz CT molecular complexity index is 157. The SMILES string of the molecule is CO[Si](C)(CCCO)OCCC(O)CO. The molecule has 0 saturated heterocycles. The van der Waals surface area contributed by atoms with Gasteiger partial charge in [0.25, 0.3) is 0 Å². The van der Waals surface area contributed by atoms with Crippen molar-refractivity contribution in [2.75, 3.05) is 26.9 Å². The standard InChI is InChI=1S/C9H22O5Si/c1-13-15(2,7-3-5-10)14-6-4-9(12)8-11/h9-12H,3-8H2,1-2H3. The molecule has 2 atom stereocenters. The average Bonchev–Trinajstić information content (AvgIpc) is 2.26. The minimum absolute atomic E-state index is 0.134. The fourth-order valence-electron chi connectivity index (χ4n) is 1.14. The Labute approximate surface area is 91.9 Å². The van der Waals surface area contributed by atoms with Crippen molar-refractivity contribution in [1.82, 2.24) is 0 Å². The van der Waals surface area contributed by atoms with Gasteiger partial charge in [0.2, 0.25) is 0 Å². The molecule has 0 heterocycles. The van der Waals surface area contributed by atoms with Gasteiger partial charge < -0.3 is 24.2 Å². The van der Waals surface area contributed by atoms with Crippen molar-refractivity contribution in [3.63, 3.8) is 0 Å². The van der Waals surface area contributed by atoms with Gasteiger partial charge in [-0.05, 0) is 25.4 Å². The first-order valence-corrected chi connectivity index (χ1v) is 7.69. The lowest BCUT2D eigenvalue weighted by molar-refractivity contribution is 0.0688. The predicted octanol–water partition coefficient (Wildman–Crippen LogP) is -0.153. The number of hydrogen-bond donors (Lipinski definition) is 3. The van der Waals surface area contributed by atoms with E-state index in [9.17, 15) is 0 Å². The van der Waals surface area contributed by atoms with Crippen LogP contribution in [0.1, 0.15) is 12.8 Å². The van der Waals surface area contributed by atoms with Crippen LogP contribution in [-0.4, -0.2) is 56.9 Å². The number of hydrogen-bond acceptors (Lipinski definition) is 5. The quantitative estimate of drug-likeness (QED) is 0.487. The molecule has 6 heteroatoms. The molecule has 0 aliphatic heterocycles. The highest BCUT2D eigenvalue weighted by Crippen LogP contribution is 2.15. The van der Waals surface area contributed by atoms with Crippen molar-refractivity contribution in [1.29, 1.82) is 0 Å². The molecular formula is C9H22O5Si. The third kappa shape index (κ3) is 6.99. The Morgan fingerprint density at radius 2 is 2.00 bits per heavy atom. The zero-order valence-corrected chi connectivity index (χ0v) is 10.5. The average molecular weight is 238 g/mol. The van der Waals surface area contributed by atoms with Gasteiger partial charge in [0.1, 0.15) is 0 Å².